The summed E-state index contributed by atoms with van der Waals surface area (Å²) in [5, 5.41) is 2.80. The molecule has 1 aliphatic rings. The van der Waals surface area contributed by atoms with Crippen molar-refractivity contribution in [3.05, 3.63) is 21.6 Å². The van der Waals surface area contributed by atoms with E-state index >= 15 is 0 Å². The summed E-state index contributed by atoms with van der Waals surface area (Å²) in [5.41, 5.74) is 1.93. The lowest BCUT2D eigenvalue weighted by Gasteiger charge is -2.15. The normalized spacial score (nSPS) is 16.1. The molecule has 0 unspecified atom stereocenters. The van der Waals surface area contributed by atoms with Gasteiger partial charge in [-0.05, 0) is 6.42 Å². The van der Waals surface area contributed by atoms with Crippen LogP contribution < -0.4 is 5.56 Å². The van der Waals surface area contributed by atoms with Crippen molar-refractivity contribution in [3.63, 3.8) is 0 Å². The lowest BCUT2D eigenvalue weighted by Crippen LogP contribution is -2.18. The van der Waals surface area contributed by atoms with Crippen molar-refractivity contribution in [2.75, 3.05) is 6.61 Å². The first kappa shape index (κ1) is 7.61. The average molecular weight is 168 g/mol. The molecule has 0 atom stereocenters. The quantitative estimate of drug-likeness (QED) is 0.654. The van der Waals surface area contributed by atoms with Gasteiger partial charge in [0.2, 0.25) is 0 Å². The van der Waals surface area contributed by atoms with Gasteiger partial charge in [0, 0.05) is 5.56 Å². The predicted octanol–water partition coefficient (Wildman–Crippen LogP) is 0.269. The number of rotatable bonds is 1. The molecule has 1 aromatic rings. The second-order valence-electron chi connectivity index (χ2n) is 2.92. The summed E-state index contributed by atoms with van der Waals surface area (Å²) in [5.74, 6) is 0. The molecule has 0 fully saturated rings. The van der Waals surface area contributed by atoms with Gasteiger partial charge < -0.3 is 4.74 Å². The number of ether oxygens (including phenoxy) is 1. The Morgan fingerprint density at radius 1 is 1.67 bits per heavy atom. The molecule has 0 saturated carbocycles. The van der Waals surface area contributed by atoms with Gasteiger partial charge in [-0.1, -0.05) is 6.92 Å². The monoisotopic (exact) mass is 168 g/mol. The van der Waals surface area contributed by atoms with Crippen LogP contribution in [0, 0.1) is 0 Å². The lowest BCUT2D eigenvalue weighted by atomic mass is 10.2. The summed E-state index contributed by atoms with van der Waals surface area (Å²) in [6.07, 6.45) is 0.779. The maximum Gasteiger partial charge on any atom is 0.267 e. The van der Waals surface area contributed by atoms with Gasteiger partial charge in [0.25, 0.3) is 5.56 Å². The Labute approximate surface area is 70.1 Å². The standard InChI is InChI=1S/C8H12N2O2/c1-2-6-7-5-12-4-3-10(7)9-8(6)11/h2-5H2,1H3,(H,9,11). The molecule has 0 radical (unpaired) electrons. The fourth-order valence-corrected chi connectivity index (χ4v) is 1.60. The SMILES string of the molecule is CCc1c2n([nH]c1=O)CCOC2. The molecule has 4 nitrogen and oxygen atoms in total. The van der Waals surface area contributed by atoms with Crippen LogP contribution in [0.5, 0.6) is 0 Å². The van der Waals surface area contributed by atoms with E-state index in [2.05, 4.69) is 5.10 Å². The van der Waals surface area contributed by atoms with Gasteiger partial charge in [0.05, 0.1) is 25.5 Å². The minimum atomic E-state index is 0.0398. The van der Waals surface area contributed by atoms with Gasteiger partial charge >= 0.3 is 0 Å². The van der Waals surface area contributed by atoms with Gasteiger partial charge in [0.1, 0.15) is 0 Å². The number of nitrogens with one attached hydrogen (secondary N) is 1. The molecular formula is C8H12N2O2. The summed E-state index contributed by atoms with van der Waals surface area (Å²) >= 11 is 0. The first-order valence-corrected chi connectivity index (χ1v) is 4.21. The van der Waals surface area contributed by atoms with E-state index in [1.807, 2.05) is 11.6 Å². The van der Waals surface area contributed by atoms with Crippen LogP contribution in [0.1, 0.15) is 18.2 Å². The predicted molar refractivity (Wildman–Crippen MR) is 44.1 cm³/mol. The van der Waals surface area contributed by atoms with Crippen LogP contribution in [-0.4, -0.2) is 16.4 Å². The van der Waals surface area contributed by atoms with Gasteiger partial charge in [0.15, 0.2) is 0 Å². The Hall–Kier alpha value is -1.03. The van der Waals surface area contributed by atoms with Crippen LogP contribution in [0.4, 0.5) is 0 Å². The molecule has 0 aliphatic carbocycles. The molecule has 4 heteroatoms. The van der Waals surface area contributed by atoms with E-state index < -0.39 is 0 Å². The molecule has 0 aromatic carbocycles. The first-order valence-electron chi connectivity index (χ1n) is 4.21. The molecule has 1 aromatic heterocycles. The minimum Gasteiger partial charge on any atom is -0.373 e. The van der Waals surface area contributed by atoms with E-state index in [0.717, 1.165) is 24.2 Å². The Morgan fingerprint density at radius 3 is 3.25 bits per heavy atom. The van der Waals surface area contributed by atoms with Gasteiger partial charge in [-0.15, -0.1) is 0 Å². The molecule has 0 saturated heterocycles. The van der Waals surface area contributed by atoms with Gasteiger partial charge in [-0.25, -0.2) is 0 Å². The van der Waals surface area contributed by atoms with Crippen LogP contribution >= 0.6 is 0 Å². The second-order valence-corrected chi connectivity index (χ2v) is 2.92. The highest BCUT2D eigenvalue weighted by Gasteiger charge is 2.15. The van der Waals surface area contributed by atoms with E-state index in [1.54, 1.807) is 0 Å². The molecule has 2 heterocycles. The number of aromatic nitrogens is 2. The Morgan fingerprint density at radius 2 is 2.50 bits per heavy atom. The van der Waals surface area contributed by atoms with Gasteiger partial charge in [-0.2, -0.15) is 0 Å². The van der Waals surface area contributed by atoms with E-state index in [1.165, 1.54) is 0 Å². The van der Waals surface area contributed by atoms with E-state index in [-0.39, 0.29) is 5.56 Å². The number of H-pyrrole nitrogens is 1. The lowest BCUT2D eigenvalue weighted by molar-refractivity contribution is 0.0794. The van der Waals surface area contributed by atoms with Crippen LogP contribution in [0.15, 0.2) is 4.79 Å². The Bertz CT molecular complexity index is 337. The molecule has 12 heavy (non-hydrogen) atoms. The fourth-order valence-electron chi connectivity index (χ4n) is 1.60. The van der Waals surface area contributed by atoms with E-state index in [9.17, 15) is 4.79 Å². The van der Waals surface area contributed by atoms with Crippen molar-refractivity contribution in [2.24, 2.45) is 0 Å². The molecule has 1 aliphatic heterocycles. The second kappa shape index (κ2) is 2.79. The number of hydrogen-bond donors (Lipinski definition) is 1. The summed E-state index contributed by atoms with van der Waals surface area (Å²) < 4.78 is 7.17. The molecule has 0 amide bonds. The zero-order valence-corrected chi connectivity index (χ0v) is 7.09. The van der Waals surface area contributed by atoms with E-state index in [0.29, 0.717) is 13.2 Å². The van der Waals surface area contributed by atoms with Gasteiger partial charge in [-0.3, -0.25) is 14.6 Å². The highest BCUT2D eigenvalue weighted by atomic mass is 16.5. The Kier molecular flexibility index (Phi) is 1.77. The summed E-state index contributed by atoms with van der Waals surface area (Å²) in [7, 11) is 0. The molecule has 0 bridgehead atoms. The number of nitrogens with zero attached hydrogens (tertiary/aromatic N) is 1. The topological polar surface area (TPSA) is 47.0 Å². The minimum absolute atomic E-state index is 0.0398. The zero-order valence-electron chi connectivity index (χ0n) is 7.09. The fraction of sp³-hybridized carbons (Fsp3) is 0.625. The summed E-state index contributed by atoms with van der Waals surface area (Å²) in [4.78, 5) is 11.3. The third kappa shape index (κ3) is 0.992. The number of hydrogen-bond acceptors (Lipinski definition) is 2. The summed E-state index contributed by atoms with van der Waals surface area (Å²) in [6.45, 7) is 4.02. The maximum absolute atomic E-state index is 11.3. The average Bonchev–Trinajstić information content (AvgIpc) is 2.40. The Balaban J connectivity index is 2.54. The van der Waals surface area contributed by atoms with Crippen molar-refractivity contribution in [1.29, 1.82) is 0 Å². The smallest absolute Gasteiger partial charge is 0.267 e. The van der Waals surface area contributed by atoms with Crippen LogP contribution in [0.2, 0.25) is 0 Å². The largest absolute Gasteiger partial charge is 0.373 e. The van der Waals surface area contributed by atoms with Crippen LogP contribution in [0.3, 0.4) is 0 Å². The van der Waals surface area contributed by atoms with E-state index in [4.69, 9.17) is 4.74 Å². The van der Waals surface area contributed by atoms with Crippen LogP contribution in [0.25, 0.3) is 0 Å². The maximum atomic E-state index is 11.3. The molecule has 66 valence electrons. The molecule has 0 spiro atoms. The van der Waals surface area contributed by atoms with Crippen molar-refractivity contribution in [1.82, 2.24) is 9.78 Å². The highest BCUT2D eigenvalue weighted by Crippen LogP contribution is 2.10. The molecular weight excluding hydrogens is 156 g/mol. The van der Waals surface area contributed by atoms with Crippen molar-refractivity contribution >= 4 is 0 Å². The molecule has 1 N–H and O–H groups in total. The first-order chi connectivity index (χ1) is 5.83. The van der Waals surface area contributed by atoms with Crippen molar-refractivity contribution in [2.45, 2.75) is 26.5 Å². The third-order valence-corrected chi connectivity index (χ3v) is 2.24. The third-order valence-electron chi connectivity index (χ3n) is 2.24. The zero-order chi connectivity index (χ0) is 8.55. The highest BCUT2D eigenvalue weighted by molar-refractivity contribution is 5.17. The number of fused-ring (bicyclic) bond motifs is 1. The number of aromatic amines is 1. The van der Waals surface area contributed by atoms with Crippen molar-refractivity contribution < 1.29 is 4.74 Å². The van der Waals surface area contributed by atoms with Crippen LogP contribution in [-0.2, 0) is 24.3 Å². The van der Waals surface area contributed by atoms with Crippen molar-refractivity contribution in [3.8, 4) is 0 Å². The molecule has 2 rings (SSSR count). The summed E-state index contributed by atoms with van der Waals surface area (Å²) in [6, 6.07) is 0.